The summed E-state index contributed by atoms with van der Waals surface area (Å²) in [5.41, 5.74) is 0. The number of carboxylic acid groups (broad SMARTS) is 1. The van der Waals surface area contributed by atoms with E-state index in [-0.39, 0.29) is 18.1 Å². The van der Waals surface area contributed by atoms with Crippen LogP contribution in [-0.4, -0.2) is 35.2 Å². The van der Waals surface area contributed by atoms with Gasteiger partial charge in [0.1, 0.15) is 5.76 Å². The molecule has 4 nitrogen and oxygen atoms in total. The molecule has 1 rings (SSSR count). The molecular formula is C11H14F3NO3. The van der Waals surface area contributed by atoms with Crippen LogP contribution in [0, 0.1) is 0 Å². The van der Waals surface area contributed by atoms with Crippen LogP contribution in [0.2, 0.25) is 0 Å². The van der Waals surface area contributed by atoms with E-state index >= 15 is 0 Å². The van der Waals surface area contributed by atoms with Crippen LogP contribution in [0.3, 0.4) is 0 Å². The lowest BCUT2D eigenvalue weighted by atomic mass is 10.2. The summed E-state index contributed by atoms with van der Waals surface area (Å²) in [5, 5.41) is 8.67. The standard InChI is InChI=1S/C11H14F3NO3/c1-3-15(6-11(12,13)14)7(2)8-4-5-9(18-8)10(16)17/h4-5,7H,3,6H2,1-2H3,(H,16,17). The second-order valence-corrected chi connectivity index (χ2v) is 3.86. The smallest absolute Gasteiger partial charge is 0.401 e. The Labute approximate surface area is 102 Å². The van der Waals surface area contributed by atoms with Crippen molar-refractivity contribution in [3.63, 3.8) is 0 Å². The fraction of sp³-hybridized carbons (Fsp3) is 0.545. The van der Waals surface area contributed by atoms with Crippen LogP contribution < -0.4 is 0 Å². The predicted octanol–water partition coefficient (Wildman–Crippen LogP) is 2.92. The zero-order chi connectivity index (χ0) is 13.9. The zero-order valence-electron chi connectivity index (χ0n) is 9.99. The molecule has 18 heavy (non-hydrogen) atoms. The van der Waals surface area contributed by atoms with E-state index in [9.17, 15) is 18.0 Å². The molecule has 1 aromatic heterocycles. The van der Waals surface area contributed by atoms with E-state index in [0.29, 0.717) is 0 Å². The van der Waals surface area contributed by atoms with Crippen LogP contribution in [0.25, 0.3) is 0 Å². The summed E-state index contributed by atoms with van der Waals surface area (Å²) >= 11 is 0. The number of furan rings is 1. The van der Waals surface area contributed by atoms with Crippen molar-refractivity contribution in [1.82, 2.24) is 4.90 Å². The maximum atomic E-state index is 12.3. The fourth-order valence-electron chi connectivity index (χ4n) is 1.63. The zero-order valence-corrected chi connectivity index (χ0v) is 9.99. The van der Waals surface area contributed by atoms with Gasteiger partial charge in [-0.05, 0) is 25.6 Å². The van der Waals surface area contributed by atoms with E-state index in [1.165, 1.54) is 12.1 Å². The lowest BCUT2D eigenvalue weighted by Crippen LogP contribution is -2.35. The first-order valence-electron chi connectivity index (χ1n) is 5.38. The maximum absolute atomic E-state index is 12.3. The van der Waals surface area contributed by atoms with Gasteiger partial charge in [0.05, 0.1) is 12.6 Å². The Morgan fingerprint density at radius 1 is 1.50 bits per heavy atom. The molecule has 0 saturated carbocycles. The second-order valence-electron chi connectivity index (χ2n) is 3.86. The molecule has 0 bridgehead atoms. The highest BCUT2D eigenvalue weighted by Crippen LogP contribution is 2.26. The van der Waals surface area contributed by atoms with Crippen molar-refractivity contribution in [2.75, 3.05) is 13.1 Å². The first-order valence-corrected chi connectivity index (χ1v) is 5.38. The molecule has 1 atom stereocenters. The van der Waals surface area contributed by atoms with Crippen LogP contribution in [-0.2, 0) is 0 Å². The third kappa shape index (κ3) is 3.76. The Bertz CT molecular complexity index is 414. The molecule has 102 valence electrons. The van der Waals surface area contributed by atoms with Crippen molar-refractivity contribution in [2.24, 2.45) is 0 Å². The number of carboxylic acids is 1. The number of nitrogens with zero attached hydrogens (tertiary/aromatic N) is 1. The van der Waals surface area contributed by atoms with Gasteiger partial charge in [-0.2, -0.15) is 13.2 Å². The Kier molecular flexibility index (Phi) is 4.39. The molecule has 0 amide bonds. The van der Waals surface area contributed by atoms with Gasteiger partial charge in [-0.25, -0.2) is 4.79 Å². The Hall–Kier alpha value is -1.50. The van der Waals surface area contributed by atoms with Gasteiger partial charge in [0.25, 0.3) is 0 Å². The van der Waals surface area contributed by atoms with Crippen LogP contribution >= 0.6 is 0 Å². The topological polar surface area (TPSA) is 53.7 Å². The Morgan fingerprint density at radius 2 is 2.11 bits per heavy atom. The number of aromatic carboxylic acids is 1. The summed E-state index contributed by atoms with van der Waals surface area (Å²) in [7, 11) is 0. The lowest BCUT2D eigenvalue weighted by Gasteiger charge is -2.27. The number of alkyl halides is 3. The highest BCUT2D eigenvalue weighted by Gasteiger charge is 2.33. The maximum Gasteiger partial charge on any atom is 0.401 e. The van der Waals surface area contributed by atoms with Crippen LogP contribution in [0.4, 0.5) is 13.2 Å². The van der Waals surface area contributed by atoms with E-state index < -0.39 is 24.7 Å². The molecule has 0 aliphatic heterocycles. The molecule has 0 aromatic carbocycles. The number of hydrogen-bond donors (Lipinski definition) is 1. The van der Waals surface area contributed by atoms with Crippen molar-refractivity contribution < 1.29 is 27.5 Å². The van der Waals surface area contributed by atoms with Gasteiger partial charge in [0.2, 0.25) is 5.76 Å². The van der Waals surface area contributed by atoms with Gasteiger partial charge >= 0.3 is 12.1 Å². The number of carbonyl (C=O) groups is 1. The number of halogens is 3. The monoisotopic (exact) mass is 265 g/mol. The minimum absolute atomic E-state index is 0.184. The minimum atomic E-state index is -4.30. The molecule has 1 aromatic rings. The summed E-state index contributed by atoms with van der Waals surface area (Å²) in [6.45, 7) is 2.26. The van der Waals surface area contributed by atoms with Crippen LogP contribution in [0.1, 0.15) is 36.2 Å². The normalized spacial score (nSPS) is 13.9. The quantitative estimate of drug-likeness (QED) is 0.889. The van der Waals surface area contributed by atoms with Crippen LogP contribution in [0.5, 0.6) is 0 Å². The van der Waals surface area contributed by atoms with Gasteiger partial charge < -0.3 is 9.52 Å². The third-order valence-corrected chi connectivity index (χ3v) is 2.59. The average Bonchev–Trinajstić information content (AvgIpc) is 2.72. The molecular weight excluding hydrogens is 251 g/mol. The molecule has 0 fully saturated rings. The fourth-order valence-corrected chi connectivity index (χ4v) is 1.63. The van der Waals surface area contributed by atoms with E-state index in [4.69, 9.17) is 9.52 Å². The SMILES string of the molecule is CCN(CC(F)(F)F)C(C)c1ccc(C(=O)O)o1. The lowest BCUT2D eigenvalue weighted by molar-refractivity contribution is -0.150. The van der Waals surface area contributed by atoms with E-state index in [1.54, 1.807) is 13.8 Å². The Morgan fingerprint density at radius 3 is 2.50 bits per heavy atom. The molecule has 0 radical (unpaired) electrons. The summed E-state index contributed by atoms with van der Waals surface area (Å²) < 4.78 is 42.0. The van der Waals surface area contributed by atoms with Gasteiger partial charge in [-0.1, -0.05) is 6.92 Å². The third-order valence-electron chi connectivity index (χ3n) is 2.59. The predicted molar refractivity (Wildman–Crippen MR) is 57.4 cm³/mol. The summed E-state index contributed by atoms with van der Waals surface area (Å²) in [6, 6.07) is 1.98. The number of hydrogen-bond acceptors (Lipinski definition) is 3. The average molecular weight is 265 g/mol. The van der Waals surface area contributed by atoms with Crippen molar-refractivity contribution >= 4 is 5.97 Å². The van der Waals surface area contributed by atoms with Gasteiger partial charge in [-0.3, -0.25) is 4.90 Å². The second kappa shape index (κ2) is 5.43. The molecule has 0 saturated heterocycles. The summed E-state index contributed by atoms with van der Waals surface area (Å²) in [4.78, 5) is 11.8. The molecule has 7 heteroatoms. The summed E-state index contributed by atoms with van der Waals surface area (Å²) in [5.74, 6) is -1.31. The molecule has 1 N–H and O–H groups in total. The molecule has 0 spiro atoms. The Balaban J connectivity index is 2.82. The highest BCUT2D eigenvalue weighted by molar-refractivity contribution is 5.84. The molecule has 0 aliphatic rings. The molecule has 0 aliphatic carbocycles. The first-order chi connectivity index (χ1) is 8.24. The van der Waals surface area contributed by atoms with Crippen molar-refractivity contribution in [3.8, 4) is 0 Å². The van der Waals surface area contributed by atoms with Gasteiger partial charge in [0.15, 0.2) is 0 Å². The minimum Gasteiger partial charge on any atom is -0.475 e. The summed E-state index contributed by atoms with van der Waals surface area (Å²) in [6.07, 6.45) is -4.30. The van der Waals surface area contributed by atoms with E-state index in [0.717, 1.165) is 4.90 Å². The van der Waals surface area contributed by atoms with Crippen molar-refractivity contribution in [1.29, 1.82) is 0 Å². The van der Waals surface area contributed by atoms with E-state index in [1.807, 2.05) is 0 Å². The molecule has 1 unspecified atom stereocenters. The van der Waals surface area contributed by atoms with Crippen molar-refractivity contribution in [3.05, 3.63) is 23.7 Å². The van der Waals surface area contributed by atoms with Gasteiger partial charge in [0, 0.05) is 0 Å². The highest BCUT2D eigenvalue weighted by atomic mass is 19.4. The number of rotatable bonds is 5. The molecule has 1 heterocycles. The van der Waals surface area contributed by atoms with Crippen LogP contribution in [0.15, 0.2) is 16.5 Å². The van der Waals surface area contributed by atoms with Gasteiger partial charge in [-0.15, -0.1) is 0 Å². The van der Waals surface area contributed by atoms with Crippen molar-refractivity contribution in [2.45, 2.75) is 26.1 Å². The van der Waals surface area contributed by atoms with E-state index in [2.05, 4.69) is 0 Å². The largest absolute Gasteiger partial charge is 0.475 e. The first kappa shape index (κ1) is 14.6.